The van der Waals surface area contributed by atoms with Gasteiger partial charge in [-0.2, -0.15) is 13.2 Å². The van der Waals surface area contributed by atoms with Gasteiger partial charge >= 0.3 is 6.18 Å². The maximum Gasteiger partial charge on any atom is 0.416 e. The first kappa shape index (κ1) is 18.5. The molecular weight excluding hydrogens is 369 g/mol. The molecule has 3 aromatic rings. The van der Waals surface area contributed by atoms with E-state index in [4.69, 9.17) is 0 Å². The van der Waals surface area contributed by atoms with Crippen LogP contribution in [0.4, 0.5) is 13.2 Å². The Morgan fingerprint density at radius 1 is 1.21 bits per heavy atom. The standard InChI is InChI=1S/C20H19F3N4O/c1-2-17-25-16-4-3-10-24-18(16)27(17)15-9-11-26(12-15)19(28)13-5-7-14(8-6-13)20(21,22)23/h3-8,10,15H,2,9,11-12H2,1H3. The molecule has 1 unspecified atom stereocenters. The second-order valence-electron chi connectivity index (χ2n) is 6.87. The third kappa shape index (κ3) is 3.23. The number of rotatable bonds is 3. The van der Waals surface area contributed by atoms with Crippen molar-refractivity contribution < 1.29 is 18.0 Å². The second-order valence-corrected chi connectivity index (χ2v) is 6.87. The number of imidazole rings is 1. The van der Waals surface area contributed by atoms with Gasteiger partial charge in [-0.15, -0.1) is 0 Å². The molecule has 1 aliphatic heterocycles. The maximum atomic E-state index is 12.7. The lowest BCUT2D eigenvalue weighted by atomic mass is 10.1. The van der Waals surface area contributed by atoms with Crippen molar-refractivity contribution in [1.29, 1.82) is 0 Å². The van der Waals surface area contributed by atoms with E-state index in [2.05, 4.69) is 14.5 Å². The highest BCUT2D eigenvalue weighted by Gasteiger charge is 2.32. The summed E-state index contributed by atoms with van der Waals surface area (Å²) in [5.74, 6) is 0.661. The highest BCUT2D eigenvalue weighted by molar-refractivity contribution is 5.94. The molecule has 1 atom stereocenters. The van der Waals surface area contributed by atoms with Crippen molar-refractivity contribution in [1.82, 2.24) is 19.4 Å². The minimum Gasteiger partial charge on any atom is -0.336 e. The van der Waals surface area contributed by atoms with Crippen LogP contribution in [0.5, 0.6) is 0 Å². The Balaban J connectivity index is 1.55. The number of likely N-dealkylation sites (tertiary alicyclic amines) is 1. The van der Waals surface area contributed by atoms with Gasteiger partial charge in [0.2, 0.25) is 0 Å². The van der Waals surface area contributed by atoms with Gasteiger partial charge in [-0.25, -0.2) is 9.97 Å². The molecule has 3 heterocycles. The zero-order valence-electron chi connectivity index (χ0n) is 15.3. The Labute approximate surface area is 159 Å². The zero-order chi connectivity index (χ0) is 19.9. The lowest BCUT2D eigenvalue weighted by Crippen LogP contribution is -2.29. The Bertz CT molecular complexity index is 1010. The molecule has 0 saturated carbocycles. The van der Waals surface area contributed by atoms with Gasteiger partial charge in [0.05, 0.1) is 11.6 Å². The van der Waals surface area contributed by atoms with Crippen LogP contribution in [-0.4, -0.2) is 38.4 Å². The van der Waals surface area contributed by atoms with Gasteiger partial charge in [-0.3, -0.25) is 4.79 Å². The number of carbonyl (C=O) groups is 1. The summed E-state index contributed by atoms with van der Waals surface area (Å²) >= 11 is 0. The molecule has 2 aromatic heterocycles. The number of hydrogen-bond acceptors (Lipinski definition) is 3. The van der Waals surface area contributed by atoms with Crippen molar-refractivity contribution in [2.75, 3.05) is 13.1 Å². The molecule has 0 spiro atoms. The number of nitrogens with zero attached hydrogens (tertiary/aromatic N) is 4. The average molecular weight is 388 g/mol. The molecule has 0 bridgehead atoms. The van der Waals surface area contributed by atoms with Crippen molar-refractivity contribution >= 4 is 17.1 Å². The molecule has 5 nitrogen and oxygen atoms in total. The molecule has 0 N–H and O–H groups in total. The van der Waals surface area contributed by atoms with Gasteiger partial charge < -0.3 is 9.47 Å². The first-order chi connectivity index (χ1) is 13.4. The van der Waals surface area contributed by atoms with Crippen LogP contribution in [0.25, 0.3) is 11.2 Å². The van der Waals surface area contributed by atoms with E-state index in [9.17, 15) is 18.0 Å². The summed E-state index contributed by atoms with van der Waals surface area (Å²) in [5.41, 5.74) is 1.13. The van der Waals surface area contributed by atoms with Crippen LogP contribution < -0.4 is 0 Å². The number of hydrogen-bond donors (Lipinski definition) is 0. The van der Waals surface area contributed by atoms with E-state index in [1.165, 1.54) is 12.1 Å². The lowest BCUT2D eigenvalue weighted by Gasteiger charge is -2.19. The molecule has 146 valence electrons. The number of carbonyl (C=O) groups excluding carboxylic acids is 1. The highest BCUT2D eigenvalue weighted by Crippen LogP contribution is 2.31. The minimum absolute atomic E-state index is 0.0493. The third-order valence-electron chi connectivity index (χ3n) is 5.11. The summed E-state index contributed by atoms with van der Waals surface area (Å²) in [6.07, 6.45) is -1.19. The second kappa shape index (κ2) is 6.92. The fourth-order valence-electron chi connectivity index (χ4n) is 3.73. The predicted octanol–water partition coefficient (Wildman–Crippen LogP) is 4.10. The van der Waals surface area contributed by atoms with E-state index in [0.29, 0.717) is 13.1 Å². The Morgan fingerprint density at radius 2 is 1.96 bits per heavy atom. The van der Waals surface area contributed by atoms with Crippen LogP contribution >= 0.6 is 0 Å². The van der Waals surface area contributed by atoms with E-state index in [-0.39, 0.29) is 17.5 Å². The topological polar surface area (TPSA) is 51.0 Å². The Morgan fingerprint density at radius 3 is 2.64 bits per heavy atom. The van der Waals surface area contributed by atoms with Crippen LogP contribution in [0.3, 0.4) is 0 Å². The Hall–Kier alpha value is -2.90. The summed E-state index contributed by atoms with van der Waals surface area (Å²) in [5, 5.41) is 0. The number of amides is 1. The Kier molecular flexibility index (Phi) is 4.56. The summed E-state index contributed by atoms with van der Waals surface area (Å²) in [6, 6.07) is 8.18. The zero-order valence-corrected chi connectivity index (χ0v) is 15.3. The van der Waals surface area contributed by atoms with E-state index >= 15 is 0 Å². The van der Waals surface area contributed by atoms with Crippen LogP contribution in [0.2, 0.25) is 0 Å². The monoisotopic (exact) mass is 388 g/mol. The number of halogens is 3. The molecule has 28 heavy (non-hydrogen) atoms. The number of aryl methyl sites for hydroxylation is 1. The van der Waals surface area contributed by atoms with Crippen molar-refractivity contribution in [2.45, 2.75) is 32.0 Å². The highest BCUT2D eigenvalue weighted by atomic mass is 19.4. The molecular formula is C20H19F3N4O. The van der Waals surface area contributed by atoms with Crippen LogP contribution in [0, 0.1) is 0 Å². The number of benzene rings is 1. The number of aromatic nitrogens is 3. The van der Waals surface area contributed by atoms with Gasteiger partial charge in [-0.1, -0.05) is 6.92 Å². The first-order valence-electron chi connectivity index (χ1n) is 9.17. The van der Waals surface area contributed by atoms with Crippen LogP contribution in [0.1, 0.15) is 41.1 Å². The molecule has 4 rings (SSSR count). The van der Waals surface area contributed by atoms with Crippen LogP contribution in [-0.2, 0) is 12.6 Å². The van der Waals surface area contributed by atoms with Crippen molar-refractivity contribution in [2.24, 2.45) is 0 Å². The average Bonchev–Trinajstić information content (AvgIpc) is 3.30. The maximum absolute atomic E-state index is 12.7. The van der Waals surface area contributed by atoms with Gasteiger partial charge in [0.25, 0.3) is 5.91 Å². The van der Waals surface area contributed by atoms with Gasteiger partial charge in [-0.05, 0) is 42.8 Å². The normalized spacial score (nSPS) is 17.4. The van der Waals surface area contributed by atoms with Gasteiger partial charge in [0.1, 0.15) is 11.3 Å². The molecule has 0 aliphatic carbocycles. The molecule has 1 fully saturated rings. The molecule has 1 saturated heterocycles. The lowest BCUT2D eigenvalue weighted by molar-refractivity contribution is -0.137. The molecule has 0 radical (unpaired) electrons. The summed E-state index contributed by atoms with van der Waals surface area (Å²) in [7, 11) is 0. The fraction of sp³-hybridized carbons (Fsp3) is 0.350. The molecule has 1 aliphatic rings. The predicted molar refractivity (Wildman–Crippen MR) is 97.9 cm³/mol. The summed E-state index contributed by atoms with van der Waals surface area (Å²) < 4.78 is 40.2. The van der Waals surface area contributed by atoms with Crippen LogP contribution in [0.15, 0.2) is 42.6 Å². The molecule has 1 amide bonds. The number of fused-ring (bicyclic) bond motifs is 1. The minimum atomic E-state index is -4.41. The summed E-state index contributed by atoms with van der Waals surface area (Å²) in [6.45, 7) is 3.05. The number of pyridine rings is 1. The van der Waals surface area contributed by atoms with Crippen molar-refractivity contribution in [3.63, 3.8) is 0 Å². The fourth-order valence-corrected chi connectivity index (χ4v) is 3.73. The number of alkyl halides is 3. The molecule has 8 heteroatoms. The van der Waals surface area contributed by atoms with Gasteiger partial charge in [0.15, 0.2) is 5.65 Å². The van der Waals surface area contributed by atoms with Crippen molar-refractivity contribution in [3.05, 3.63) is 59.5 Å². The van der Waals surface area contributed by atoms with E-state index in [0.717, 1.165) is 42.0 Å². The van der Waals surface area contributed by atoms with Crippen molar-refractivity contribution in [3.8, 4) is 0 Å². The van der Waals surface area contributed by atoms with E-state index < -0.39 is 11.7 Å². The largest absolute Gasteiger partial charge is 0.416 e. The quantitative estimate of drug-likeness (QED) is 0.679. The third-order valence-corrected chi connectivity index (χ3v) is 5.11. The summed E-state index contributed by atoms with van der Waals surface area (Å²) in [4.78, 5) is 23.5. The first-order valence-corrected chi connectivity index (χ1v) is 9.17. The van der Waals surface area contributed by atoms with E-state index in [1.54, 1.807) is 11.1 Å². The van der Waals surface area contributed by atoms with Gasteiger partial charge in [0, 0.05) is 31.3 Å². The van der Waals surface area contributed by atoms with E-state index in [1.807, 2.05) is 19.1 Å². The smallest absolute Gasteiger partial charge is 0.336 e. The molecule has 1 aromatic carbocycles. The SMILES string of the molecule is CCc1nc2cccnc2n1C1CCN(C(=O)c2ccc(C(F)(F)F)cc2)C1.